The number of hydrogen-bond acceptors (Lipinski definition) is 7. The van der Waals surface area contributed by atoms with Crippen molar-refractivity contribution in [2.45, 2.75) is 12.6 Å². The van der Waals surface area contributed by atoms with Crippen LogP contribution in [0, 0.1) is 0 Å². The summed E-state index contributed by atoms with van der Waals surface area (Å²) >= 11 is 12.6. The number of amides is 1. The van der Waals surface area contributed by atoms with Crippen LogP contribution in [0.1, 0.15) is 22.7 Å². The van der Waals surface area contributed by atoms with E-state index in [0.717, 1.165) is 0 Å². The molecule has 0 saturated carbocycles. The molecule has 0 aromatic heterocycles. The normalized spacial score (nSPS) is 16.5. The predicted molar refractivity (Wildman–Crippen MR) is 143 cm³/mol. The highest BCUT2D eigenvalue weighted by Gasteiger charge is 2.46. The second-order valence-electron chi connectivity index (χ2n) is 8.33. The van der Waals surface area contributed by atoms with E-state index in [1.165, 1.54) is 45.5 Å². The smallest absolute Gasteiger partial charge is 0.295 e. The molecule has 3 aromatic carbocycles. The Morgan fingerprint density at radius 1 is 0.842 bits per heavy atom. The van der Waals surface area contributed by atoms with Crippen LogP contribution in [0.25, 0.3) is 5.76 Å². The van der Waals surface area contributed by atoms with Crippen LogP contribution in [0.2, 0.25) is 10.0 Å². The van der Waals surface area contributed by atoms with Crippen LogP contribution < -0.4 is 18.9 Å². The van der Waals surface area contributed by atoms with Gasteiger partial charge in [0.2, 0.25) is 0 Å². The number of para-hydroxylation sites is 1. The first-order chi connectivity index (χ1) is 18.2. The highest BCUT2D eigenvalue weighted by Crippen LogP contribution is 2.44. The average Bonchev–Trinajstić information content (AvgIpc) is 3.17. The number of benzene rings is 3. The molecule has 1 atom stereocenters. The molecule has 38 heavy (non-hydrogen) atoms. The van der Waals surface area contributed by atoms with Crippen molar-refractivity contribution >= 4 is 40.7 Å². The molecule has 1 N–H and O–H groups in total. The number of aliphatic hydroxyl groups is 1. The molecule has 1 fully saturated rings. The van der Waals surface area contributed by atoms with E-state index in [0.29, 0.717) is 28.4 Å². The molecule has 1 aliphatic rings. The third kappa shape index (κ3) is 4.85. The number of halogens is 2. The SMILES string of the molecule is COc1ccccc1CN1C(=O)C(=O)/C(=C(/O)c2cc(Cl)c(OC)c(Cl)c2)C1c1ccc(OC)c(OC)c1. The largest absolute Gasteiger partial charge is 0.507 e. The van der Waals surface area contributed by atoms with Crippen molar-refractivity contribution in [3.05, 3.63) is 86.9 Å². The summed E-state index contributed by atoms with van der Waals surface area (Å²) in [5.41, 5.74) is 1.22. The Morgan fingerprint density at radius 3 is 2.08 bits per heavy atom. The fraction of sp³-hybridized carbons (Fsp3) is 0.214. The van der Waals surface area contributed by atoms with E-state index in [1.54, 1.807) is 42.5 Å². The topological polar surface area (TPSA) is 94.5 Å². The molecule has 1 heterocycles. The molecule has 1 aliphatic heterocycles. The number of ether oxygens (including phenoxy) is 4. The third-order valence-corrected chi connectivity index (χ3v) is 6.83. The molecule has 4 rings (SSSR count). The maximum Gasteiger partial charge on any atom is 0.295 e. The third-order valence-electron chi connectivity index (χ3n) is 6.27. The first kappa shape index (κ1) is 27.2. The summed E-state index contributed by atoms with van der Waals surface area (Å²) in [6.07, 6.45) is 0. The van der Waals surface area contributed by atoms with Crippen LogP contribution in [-0.2, 0) is 16.1 Å². The standard InChI is InChI=1S/C28H25Cl2NO7/c1-35-20-8-6-5-7-16(20)14-31-24(15-9-10-21(36-2)22(13-15)37-3)23(26(33)28(31)34)25(32)17-11-18(29)27(38-4)19(30)12-17/h5-13,24,32H,14H2,1-4H3/b25-23+. The number of aliphatic hydroxyl groups excluding tert-OH is 1. The molecule has 3 aromatic rings. The molecule has 10 heteroatoms. The van der Waals surface area contributed by atoms with Gasteiger partial charge in [0.15, 0.2) is 17.2 Å². The Hall–Kier alpha value is -3.88. The summed E-state index contributed by atoms with van der Waals surface area (Å²) < 4.78 is 21.4. The number of methoxy groups -OCH3 is 4. The van der Waals surface area contributed by atoms with Gasteiger partial charge in [-0.15, -0.1) is 0 Å². The van der Waals surface area contributed by atoms with E-state index in [2.05, 4.69) is 0 Å². The second kappa shape index (κ2) is 11.2. The van der Waals surface area contributed by atoms with Crippen LogP contribution in [-0.4, -0.2) is 50.1 Å². The van der Waals surface area contributed by atoms with Crippen LogP contribution >= 0.6 is 23.2 Å². The van der Waals surface area contributed by atoms with E-state index >= 15 is 0 Å². The Labute approximate surface area is 229 Å². The summed E-state index contributed by atoms with van der Waals surface area (Å²) in [5, 5.41) is 11.7. The van der Waals surface area contributed by atoms with Crippen molar-refractivity contribution in [2.24, 2.45) is 0 Å². The summed E-state index contributed by atoms with van der Waals surface area (Å²) in [6.45, 7) is 0.0362. The fourth-order valence-corrected chi connectivity index (χ4v) is 5.12. The van der Waals surface area contributed by atoms with Crippen LogP contribution in [0.15, 0.2) is 60.2 Å². The van der Waals surface area contributed by atoms with E-state index in [-0.39, 0.29) is 33.5 Å². The van der Waals surface area contributed by atoms with Gasteiger partial charge in [-0.25, -0.2) is 0 Å². The van der Waals surface area contributed by atoms with E-state index in [4.69, 9.17) is 42.1 Å². The predicted octanol–water partition coefficient (Wildman–Crippen LogP) is 5.65. The number of rotatable bonds is 8. The number of Topliss-reactive ketones (excluding diaryl/α,β-unsaturated/α-hetero) is 1. The minimum absolute atomic E-state index is 0.0362. The Kier molecular flexibility index (Phi) is 8.04. The molecule has 198 valence electrons. The second-order valence-corrected chi connectivity index (χ2v) is 9.14. The molecule has 1 saturated heterocycles. The lowest BCUT2D eigenvalue weighted by Crippen LogP contribution is -2.29. The van der Waals surface area contributed by atoms with Gasteiger partial charge in [-0.1, -0.05) is 47.5 Å². The minimum atomic E-state index is -0.973. The van der Waals surface area contributed by atoms with Crippen molar-refractivity contribution in [2.75, 3.05) is 28.4 Å². The molecule has 0 spiro atoms. The van der Waals surface area contributed by atoms with Crippen LogP contribution in [0.3, 0.4) is 0 Å². The van der Waals surface area contributed by atoms with Crippen molar-refractivity contribution in [1.29, 1.82) is 0 Å². The van der Waals surface area contributed by atoms with Crippen LogP contribution in [0.4, 0.5) is 0 Å². The fourth-order valence-electron chi connectivity index (χ4n) is 4.48. The van der Waals surface area contributed by atoms with Gasteiger partial charge >= 0.3 is 0 Å². The number of hydrogen-bond donors (Lipinski definition) is 1. The lowest BCUT2D eigenvalue weighted by Gasteiger charge is -2.26. The van der Waals surface area contributed by atoms with Crippen molar-refractivity contribution in [3.8, 4) is 23.0 Å². The van der Waals surface area contributed by atoms with Gasteiger partial charge in [0.1, 0.15) is 11.5 Å². The van der Waals surface area contributed by atoms with Gasteiger partial charge in [-0.2, -0.15) is 0 Å². The van der Waals surface area contributed by atoms with Gasteiger partial charge in [0.25, 0.3) is 11.7 Å². The molecular weight excluding hydrogens is 533 g/mol. The molecule has 1 unspecified atom stereocenters. The summed E-state index contributed by atoms with van der Waals surface area (Å²) in [5.74, 6) is -0.456. The summed E-state index contributed by atoms with van der Waals surface area (Å²) in [4.78, 5) is 28.2. The highest BCUT2D eigenvalue weighted by atomic mass is 35.5. The van der Waals surface area contributed by atoms with Crippen molar-refractivity contribution in [3.63, 3.8) is 0 Å². The van der Waals surface area contributed by atoms with Crippen molar-refractivity contribution < 1.29 is 33.6 Å². The van der Waals surface area contributed by atoms with Crippen molar-refractivity contribution in [1.82, 2.24) is 4.90 Å². The number of carbonyl (C=O) groups is 2. The summed E-state index contributed by atoms with van der Waals surface area (Å²) in [7, 11) is 5.92. The zero-order valence-electron chi connectivity index (χ0n) is 21.1. The van der Waals surface area contributed by atoms with E-state index in [1.807, 2.05) is 0 Å². The number of carbonyl (C=O) groups excluding carboxylic acids is 2. The first-order valence-electron chi connectivity index (χ1n) is 11.4. The average molecular weight is 558 g/mol. The molecule has 0 bridgehead atoms. The lowest BCUT2D eigenvalue weighted by atomic mass is 9.94. The van der Waals surface area contributed by atoms with Gasteiger partial charge in [-0.3, -0.25) is 9.59 Å². The maximum absolute atomic E-state index is 13.4. The summed E-state index contributed by atoms with van der Waals surface area (Å²) in [6, 6.07) is 14.1. The number of ketones is 1. The maximum atomic E-state index is 13.4. The highest BCUT2D eigenvalue weighted by molar-refractivity contribution is 6.46. The molecule has 0 aliphatic carbocycles. The zero-order chi connectivity index (χ0) is 27.6. The number of likely N-dealkylation sites (tertiary alicyclic amines) is 1. The van der Waals surface area contributed by atoms with E-state index in [9.17, 15) is 14.7 Å². The van der Waals surface area contributed by atoms with Crippen LogP contribution in [0.5, 0.6) is 23.0 Å². The Bertz CT molecular complexity index is 1410. The monoisotopic (exact) mass is 557 g/mol. The van der Waals surface area contributed by atoms with Gasteiger partial charge in [-0.05, 0) is 35.9 Å². The minimum Gasteiger partial charge on any atom is -0.507 e. The van der Waals surface area contributed by atoms with Gasteiger partial charge in [0, 0.05) is 11.1 Å². The quantitative estimate of drug-likeness (QED) is 0.217. The number of nitrogens with zero attached hydrogens (tertiary/aromatic N) is 1. The molecule has 8 nitrogen and oxygen atoms in total. The zero-order valence-corrected chi connectivity index (χ0v) is 22.6. The van der Waals surface area contributed by atoms with Gasteiger partial charge in [0.05, 0.1) is 56.6 Å². The Balaban J connectivity index is 1.93. The molecule has 0 radical (unpaired) electrons. The first-order valence-corrected chi connectivity index (χ1v) is 12.2. The van der Waals surface area contributed by atoms with Gasteiger partial charge < -0.3 is 29.0 Å². The molecule has 1 amide bonds. The lowest BCUT2D eigenvalue weighted by molar-refractivity contribution is -0.140. The van der Waals surface area contributed by atoms with E-state index < -0.39 is 23.5 Å². The Morgan fingerprint density at radius 2 is 1.47 bits per heavy atom. The molecular formula is C28H25Cl2NO7.